The molecule has 0 radical (unpaired) electrons. The number of anilines is 1. The fourth-order valence-corrected chi connectivity index (χ4v) is 4.73. The maximum atomic E-state index is 12.5. The van der Waals surface area contributed by atoms with Gasteiger partial charge >= 0.3 is 5.97 Å². The van der Waals surface area contributed by atoms with Crippen molar-refractivity contribution in [2.75, 3.05) is 11.3 Å². The molecule has 1 aromatic heterocycles. The van der Waals surface area contributed by atoms with Gasteiger partial charge in [0.15, 0.2) is 6.61 Å². The Morgan fingerprint density at radius 3 is 2.41 bits per heavy atom. The molecule has 4 rings (SSSR count). The molecule has 0 bridgehead atoms. The zero-order valence-electron chi connectivity index (χ0n) is 19.7. The first kappa shape index (κ1) is 25.8. The Morgan fingerprint density at radius 2 is 1.70 bits per heavy atom. The summed E-state index contributed by atoms with van der Waals surface area (Å²) in [6.07, 6.45) is 5.42. The monoisotopic (exact) mass is 523 g/mol. The molecule has 3 aromatic rings. The first-order valence-corrected chi connectivity index (χ1v) is 13.0. The van der Waals surface area contributed by atoms with Crippen LogP contribution in [0.15, 0.2) is 82.0 Å². The number of sulfonamides is 1. The van der Waals surface area contributed by atoms with Gasteiger partial charge in [0.25, 0.3) is 15.9 Å². The van der Waals surface area contributed by atoms with Crippen molar-refractivity contribution in [1.29, 1.82) is 0 Å². The Balaban J connectivity index is 1.37. The average Bonchev–Trinajstić information content (AvgIpc) is 3.40. The van der Waals surface area contributed by atoms with Crippen LogP contribution in [0.1, 0.15) is 36.0 Å². The Morgan fingerprint density at radius 1 is 1.00 bits per heavy atom. The number of aromatic nitrogens is 1. The topological polar surface area (TPSA) is 159 Å². The number of amides is 1. The van der Waals surface area contributed by atoms with E-state index >= 15 is 0 Å². The highest BCUT2D eigenvalue weighted by Crippen LogP contribution is 2.26. The number of azo groups is 1. The summed E-state index contributed by atoms with van der Waals surface area (Å²) >= 11 is 0. The third-order valence-corrected chi connectivity index (χ3v) is 6.96. The molecule has 1 heterocycles. The lowest BCUT2D eigenvalue weighted by Gasteiger charge is -2.12. The van der Waals surface area contributed by atoms with Gasteiger partial charge in [-0.3, -0.25) is 9.52 Å². The highest BCUT2D eigenvalue weighted by Gasteiger charge is 2.20. The molecule has 0 aliphatic heterocycles. The van der Waals surface area contributed by atoms with Crippen LogP contribution >= 0.6 is 0 Å². The molecule has 11 nitrogen and oxygen atoms in total. The first-order valence-electron chi connectivity index (χ1n) is 11.6. The number of benzene rings is 2. The lowest BCUT2D eigenvalue weighted by Crippen LogP contribution is -2.35. The van der Waals surface area contributed by atoms with E-state index in [0.29, 0.717) is 5.69 Å². The van der Waals surface area contributed by atoms with Crippen LogP contribution in [0.2, 0.25) is 0 Å². The number of esters is 1. The van der Waals surface area contributed by atoms with E-state index in [4.69, 9.17) is 4.74 Å². The van der Waals surface area contributed by atoms with Gasteiger partial charge in [-0.25, -0.2) is 18.2 Å². The molecule has 0 unspecified atom stereocenters. The van der Waals surface area contributed by atoms with Crippen molar-refractivity contribution in [3.05, 3.63) is 72.4 Å². The summed E-state index contributed by atoms with van der Waals surface area (Å²) in [5, 5.41) is 21.0. The van der Waals surface area contributed by atoms with Crippen molar-refractivity contribution in [1.82, 2.24) is 10.3 Å². The number of hydrogen-bond acceptors (Lipinski definition) is 9. The number of carbonyl (C=O) groups is 2. The van der Waals surface area contributed by atoms with Crippen LogP contribution in [0.3, 0.4) is 0 Å². The summed E-state index contributed by atoms with van der Waals surface area (Å²) in [5.74, 6) is -1.39. The van der Waals surface area contributed by atoms with E-state index in [1.807, 2.05) is 0 Å². The van der Waals surface area contributed by atoms with Crippen molar-refractivity contribution in [3.63, 3.8) is 0 Å². The van der Waals surface area contributed by atoms with Crippen LogP contribution in [0.4, 0.5) is 17.2 Å². The van der Waals surface area contributed by atoms with E-state index < -0.39 is 28.5 Å². The molecule has 1 fully saturated rings. The van der Waals surface area contributed by atoms with Crippen LogP contribution in [0, 0.1) is 0 Å². The fraction of sp³-hybridized carbons (Fsp3) is 0.240. The molecule has 0 saturated heterocycles. The molecular weight excluding hydrogens is 498 g/mol. The maximum absolute atomic E-state index is 12.5. The molecule has 0 spiro atoms. The number of phenols is 1. The van der Waals surface area contributed by atoms with Gasteiger partial charge < -0.3 is 15.2 Å². The van der Waals surface area contributed by atoms with Crippen LogP contribution in [-0.2, 0) is 19.6 Å². The molecule has 1 saturated carbocycles. The highest BCUT2D eigenvalue weighted by molar-refractivity contribution is 7.92. The zero-order valence-corrected chi connectivity index (χ0v) is 20.5. The van der Waals surface area contributed by atoms with Crippen molar-refractivity contribution in [2.45, 2.75) is 36.6 Å². The molecular formula is C25H25N5O6S. The molecule has 3 N–H and O–H groups in total. The average molecular weight is 524 g/mol. The quantitative estimate of drug-likeness (QED) is 0.280. The molecule has 1 aliphatic carbocycles. The van der Waals surface area contributed by atoms with Crippen LogP contribution < -0.4 is 10.0 Å². The maximum Gasteiger partial charge on any atom is 0.342 e. The fourth-order valence-electron chi connectivity index (χ4n) is 3.73. The molecule has 12 heteroatoms. The van der Waals surface area contributed by atoms with E-state index in [1.165, 1.54) is 54.7 Å². The van der Waals surface area contributed by atoms with E-state index in [0.717, 1.165) is 25.7 Å². The summed E-state index contributed by atoms with van der Waals surface area (Å²) in [7, 11) is -3.83. The van der Waals surface area contributed by atoms with Crippen LogP contribution in [0.5, 0.6) is 5.75 Å². The summed E-state index contributed by atoms with van der Waals surface area (Å²) in [6.45, 7) is -0.453. The summed E-state index contributed by atoms with van der Waals surface area (Å²) in [5.41, 5.74) is 0.443. The molecule has 37 heavy (non-hydrogen) atoms. The zero-order chi connectivity index (χ0) is 26.3. The minimum atomic E-state index is -3.83. The summed E-state index contributed by atoms with van der Waals surface area (Å²) < 4.78 is 32.4. The van der Waals surface area contributed by atoms with E-state index in [1.54, 1.807) is 12.1 Å². The number of rotatable bonds is 9. The van der Waals surface area contributed by atoms with Gasteiger partial charge in [0, 0.05) is 12.2 Å². The predicted molar refractivity (Wildman–Crippen MR) is 134 cm³/mol. The van der Waals surface area contributed by atoms with Crippen molar-refractivity contribution >= 4 is 39.1 Å². The van der Waals surface area contributed by atoms with Crippen LogP contribution in [0.25, 0.3) is 0 Å². The Labute approximate surface area is 213 Å². The second-order valence-electron chi connectivity index (χ2n) is 8.34. The molecule has 0 atom stereocenters. The molecule has 192 valence electrons. The lowest BCUT2D eigenvalue weighted by molar-refractivity contribution is -0.124. The minimum Gasteiger partial charge on any atom is -0.507 e. The summed E-state index contributed by atoms with van der Waals surface area (Å²) in [6, 6.07) is 14.6. The largest absolute Gasteiger partial charge is 0.507 e. The van der Waals surface area contributed by atoms with E-state index in [-0.39, 0.29) is 33.8 Å². The van der Waals surface area contributed by atoms with Gasteiger partial charge in [-0.05, 0) is 67.4 Å². The van der Waals surface area contributed by atoms with Crippen molar-refractivity contribution < 1.29 is 27.9 Å². The highest BCUT2D eigenvalue weighted by atomic mass is 32.2. The number of nitrogens with zero attached hydrogens (tertiary/aromatic N) is 3. The van der Waals surface area contributed by atoms with Gasteiger partial charge in [-0.1, -0.05) is 18.9 Å². The number of ether oxygens (including phenoxy) is 1. The van der Waals surface area contributed by atoms with Gasteiger partial charge in [0.05, 0.1) is 16.3 Å². The van der Waals surface area contributed by atoms with E-state index in [9.17, 15) is 23.1 Å². The Hall–Kier alpha value is -4.32. The van der Waals surface area contributed by atoms with Gasteiger partial charge in [-0.2, -0.15) is 10.2 Å². The number of nitrogens with one attached hydrogen (secondary N) is 2. The second-order valence-corrected chi connectivity index (χ2v) is 10.0. The molecule has 1 amide bonds. The number of hydrogen-bond donors (Lipinski definition) is 3. The predicted octanol–water partition coefficient (Wildman–Crippen LogP) is 4.22. The van der Waals surface area contributed by atoms with E-state index in [2.05, 4.69) is 25.3 Å². The Kier molecular flexibility index (Phi) is 8.08. The number of pyridine rings is 1. The van der Waals surface area contributed by atoms with Gasteiger partial charge in [0.2, 0.25) is 0 Å². The first-order chi connectivity index (χ1) is 17.8. The van der Waals surface area contributed by atoms with Gasteiger partial charge in [-0.15, -0.1) is 0 Å². The lowest BCUT2D eigenvalue weighted by atomic mass is 10.2. The normalized spacial score (nSPS) is 13.9. The summed E-state index contributed by atoms with van der Waals surface area (Å²) in [4.78, 5) is 28.3. The Bertz CT molecular complexity index is 1390. The number of phenolic OH excluding ortho intramolecular Hbond substituents is 1. The van der Waals surface area contributed by atoms with Crippen molar-refractivity contribution in [2.24, 2.45) is 10.2 Å². The number of carbonyl (C=O) groups excluding carboxylic acids is 2. The molecule has 2 aromatic carbocycles. The minimum absolute atomic E-state index is 0.0173. The SMILES string of the molecule is O=C(COC(=O)c1cc(N=Nc2ccc(S(=O)(=O)Nc3ccccn3)cc2)ccc1O)NC1CCCC1. The smallest absolute Gasteiger partial charge is 0.342 e. The standard InChI is InChI=1S/C25H25N5O6S/c31-22-13-10-19(15-21(22)25(33)36-16-24(32)27-17-5-1-2-6-17)29-28-18-8-11-20(12-9-18)37(34,35)30-23-7-3-4-14-26-23/h3-4,7-15,17,31H,1-2,5-6,16H2,(H,26,30)(H,27,32). The second kappa shape index (κ2) is 11.6. The number of aromatic hydroxyl groups is 1. The van der Waals surface area contributed by atoms with Crippen molar-refractivity contribution in [3.8, 4) is 5.75 Å². The van der Waals surface area contributed by atoms with Crippen LogP contribution in [-0.4, -0.2) is 43.0 Å². The van der Waals surface area contributed by atoms with Gasteiger partial charge in [0.1, 0.15) is 17.1 Å². The third-order valence-electron chi connectivity index (χ3n) is 5.59. The molecule has 1 aliphatic rings. The third kappa shape index (κ3) is 7.10.